The van der Waals surface area contributed by atoms with Gasteiger partial charge in [-0.15, -0.1) is 0 Å². The number of nitrogens with one attached hydrogen (secondary N) is 1. The van der Waals surface area contributed by atoms with Crippen LogP contribution in [0, 0.1) is 5.92 Å². The van der Waals surface area contributed by atoms with Crippen molar-refractivity contribution in [2.75, 3.05) is 5.75 Å². The molecule has 98 valence electrons. The summed E-state index contributed by atoms with van der Waals surface area (Å²) in [6, 6.07) is 8.32. The lowest BCUT2D eigenvalue weighted by Gasteiger charge is -2.17. The van der Waals surface area contributed by atoms with Crippen molar-refractivity contribution in [1.82, 2.24) is 5.32 Å². The molecule has 18 heavy (non-hydrogen) atoms. The maximum absolute atomic E-state index is 11.7. The monoisotopic (exact) mass is 267 g/mol. The van der Waals surface area contributed by atoms with Gasteiger partial charge in [0.05, 0.1) is 0 Å². The Kier molecular flexibility index (Phi) is 5.71. The van der Waals surface area contributed by atoms with Gasteiger partial charge in [-0.3, -0.25) is 4.79 Å². The van der Waals surface area contributed by atoms with Gasteiger partial charge in [0.1, 0.15) is 6.04 Å². The summed E-state index contributed by atoms with van der Waals surface area (Å²) in [4.78, 5) is 22.8. The molecular weight excluding hydrogens is 250 g/mol. The van der Waals surface area contributed by atoms with Crippen LogP contribution in [-0.4, -0.2) is 28.8 Å². The van der Waals surface area contributed by atoms with E-state index >= 15 is 0 Å². The summed E-state index contributed by atoms with van der Waals surface area (Å²) in [6.45, 7) is 1.71. The number of hydrogen-bond acceptors (Lipinski definition) is 3. The molecule has 0 aliphatic carbocycles. The lowest BCUT2D eigenvalue weighted by atomic mass is 10.1. The number of carbonyl (C=O) groups excluding carboxylic acids is 1. The van der Waals surface area contributed by atoms with Crippen LogP contribution in [-0.2, 0) is 16.0 Å². The summed E-state index contributed by atoms with van der Waals surface area (Å²) in [6.07, 6.45) is 0.279. The van der Waals surface area contributed by atoms with Gasteiger partial charge in [0.25, 0.3) is 0 Å². The van der Waals surface area contributed by atoms with Gasteiger partial charge < -0.3 is 10.4 Å². The van der Waals surface area contributed by atoms with E-state index in [4.69, 9.17) is 5.11 Å². The van der Waals surface area contributed by atoms with Crippen LogP contribution >= 0.6 is 12.6 Å². The Balaban J connectivity index is 2.67. The van der Waals surface area contributed by atoms with Crippen molar-refractivity contribution in [2.24, 2.45) is 5.92 Å². The highest BCUT2D eigenvalue weighted by molar-refractivity contribution is 7.80. The molecule has 0 saturated carbocycles. The van der Waals surface area contributed by atoms with Crippen molar-refractivity contribution in [2.45, 2.75) is 19.4 Å². The fraction of sp³-hybridized carbons (Fsp3) is 0.385. The minimum absolute atomic E-state index is 0.279. The molecule has 0 aliphatic heterocycles. The second-order valence-corrected chi connectivity index (χ2v) is 4.54. The number of hydrogen-bond donors (Lipinski definition) is 3. The molecule has 0 saturated heterocycles. The van der Waals surface area contributed by atoms with Crippen molar-refractivity contribution in [3.8, 4) is 0 Å². The number of amides is 1. The Morgan fingerprint density at radius 3 is 2.44 bits per heavy atom. The number of carboxylic acid groups (broad SMARTS) is 1. The topological polar surface area (TPSA) is 66.4 Å². The third-order valence-corrected chi connectivity index (χ3v) is 3.17. The zero-order valence-corrected chi connectivity index (χ0v) is 11.1. The molecule has 0 aliphatic rings. The number of aliphatic carboxylic acids is 1. The van der Waals surface area contributed by atoms with Crippen LogP contribution in [0.5, 0.6) is 0 Å². The first-order chi connectivity index (χ1) is 8.54. The van der Waals surface area contributed by atoms with Crippen LogP contribution in [0.3, 0.4) is 0 Å². The van der Waals surface area contributed by atoms with Gasteiger partial charge in [0, 0.05) is 18.1 Å². The van der Waals surface area contributed by atoms with Crippen LogP contribution in [0.25, 0.3) is 0 Å². The van der Waals surface area contributed by atoms with Crippen LogP contribution in [0.4, 0.5) is 0 Å². The molecule has 0 heterocycles. The maximum Gasteiger partial charge on any atom is 0.326 e. The minimum Gasteiger partial charge on any atom is -0.480 e. The summed E-state index contributed by atoms with van der Waals surface area (Å²) >= 11 is 4.02. The van der Waals surface area contributed by atoms with E-state index in [1.54, 1.807) is 6.92 Å². The second-order valence-electron chi connectivity index (χ2n) is 4.17. The van der Waals surface area contributed by atoms with Crippen molar-refractivity contribution < 1.29 is 14.7 Å². The first-order valence-electron chi connectivity index (χ1n) is 5.72. The molecule has 0 spiro atoms. The van der Waals surface area contributed by atoms with Crippen molar-refractivity contribution in [3.63, 3.8) is 0 Å². The maximum atomic E-state index is 11.7. The Bertz CT molecular complexity index is 408. The van der Waals surface area contributed by atoms with Gasteiger partial charge >= 0.3 is 5.97 Å². The van der Waals surface area contributed by atoms with E-state index in [1.165, 1.54) is 0 Å². The minimum atomic E-state index is -1.03. The molecule has 5 heteroatoms. The normalized spacial score (nSPS) is 13.7. The Labute approximate surface area is 112 Å². The number of benzene rings is 1. The molecule has 1 aromatic carbocycles. The van der Waals surface area contributed by atoms with Gasteiger partial charge in [-0.1, -0.05) is 37.3 Å². The van der Waals surface area contributed by atoms with E-state index in [2.05, 4.69) is 17.9 Å². The highest BCUT2D eigenvalue weighted by Gasteiger charge is 2.22. The second kappa shape index (κ2) is 7.06. The lowest BCUT2D eigenvalue weighted by molar-refractivity contribution is -0.142. The molecule has 0 unspecified atom stereocenters. The van der Waals surface area contributed by atoms with E-state index in [-0.39, 0.29) is 18.2 Å². The Hall–Kier alpha value is -1.49. The predicted molar refractivity (Wildman–Crippen MR) is 72.7 cm³/mol. The number of carboxylic acids is 1. The molecule has 1 aromatic rings. The molecule has 4 nitrogen and oxygen atoms in total. The molecule has 1 rings (SSSR count). The summed E-state index contributed by atoms with van der Waals surface area (Å²) in [7, 11) is 0. The van der Waals surface area contributed by atoms with Gasteiger partial charge in [-0.25, -0.2) is 4.79 Å². The molecule has 2 N–H and O–H groups in total. The van der Waals surface area contributed by atoms with Gasteiger partial charge in [0.15, 0.2) is 0 Å². The molecular formula is C13H17NO3S. The third kappa shape index (κ3) is 4.41. The van der Waals surface area contributed by atoms with E-state index < -0.39 is 12.0 Å². The summed E-state index contributed by atoms with van der Waals surface area (Å²) in [5.41, 5.74) is 0.878. The van der Waals surface area contributed by atoms with E-state index in [9.17, 15) is 9.59 Å². The molecule has 2 atom stereocenters. The standard InChI is InChI=1S/C13H17NO3S/c1-9(8-18)12(15)14-11(13(16)17)7-10-5-3-2-4-6-10/h2-6,9,11,18H,7-8H2,1H3,(H,14,15)(H,16,17)/t9-,11-/m1/s1. The zero-order valence-electron chi connectivity index (χ0n) is 10.2. The number of carbonyl (C=O) groups is 2. The number of thiol groups is 1. The lowest BCUT2D eigenvalue weighted by Crippen LogP contribution is -2.44. The van der Waals surface area contributed by atoms with Crippen LogP contribution in [0.1, 0.15) is 12.5 Å². The Morgan fingerprint density at radius 1 is 1.33 bits per heavy atom. The fourth-order valence-corrected chi connectivity index (χ4v) is 1.61. The smallest absolute Gasteiger partial charge is 0.326 e. The van der Waals surface area contributed by atoms with Gasteiger partial charge in [0.2, 0.25) is 5.91 Å². The largest absolute Gasteiger partial charge is 0.480 e. The van der Waals surface area contributed by atoms with Crippen LogP contribution in [0.15, 0.2) is 30.3 Å². The average Bonchev–Trinajstić information content (AvgIpc) is 2.37. The zero-order chi connectivity index (χ0) is 13.5. The highest BCUT2D eigenvalue weighted by Crippen LogP contribution is 2.05. The van der Waals surface area contributed by atoms with Crippen molar-refractivity contribution in [1.29, 1.82) is 0 Å². The third-order valence-electron chi connectivity index (χ3n) is 2.62. The van der Waals surface area contributed by atoms with Gasteiger partial charge in [-0.05, 0) is 5.56 Å². The molecule has 0 aromatic heterocycles. The molecule has 1 amide bonds. The quantitative estimate of drug-likeness (QED) is 0.682. The predicted octanol–water partition coefficient (Wildman–Crippen LogP) is 1.36. The van der Waals surface area contributed by atoms with Crippen LogP contribution < -0.4 is 5.32 Å². The SMILES string of the molecule is C[C@H](CS)C(=O)N[C@H](Cc1ccccc1)C(=O)O. The van der Waals surface area contributed by atoms with E-state index in [0.717, 1.165) is 5.56 Å². The van der Waals surface area contributed by atoms with Gasteiger partial charge in [-0.2, -0.15) is 12.6 Å². The first kappa shape index (κ1) is 14.6. The Morgan fingerprint density at radius 2 is 1.94 bits per heavy atom. The fourth-order valence-electron chi connectivity index (χ4n) is 1.45. The highest BCUT2D eigenvalue weighted by atomic mass is 32.1. The molecule has 0 radical (unpaired) electrons. The first-order valence-corrected chi connectivity index (χ1v) is 6.35. The summed E-state index contributed by atoms with van der Waals surface area (Å²) in [5, 5.41) is 11.6. The van der Waals surface area contributed by atoms with Crippen molar-refractivity contribution >= 4 is 24.5 Å². The van der Waals surface area contributed by atoms with Crippen molar-refractivity contribution in [3.05, 3.63) is 35.9 Å². The molecule has 0 bridgehead atoms. The molecule has 0 fully saturated rings. The van der Waals surface area contributed by atoms with Crippen LogP contribution in [0.2, 0.25) is 0 Å². The summed E-state index contributed by atoms with van der Waals surface area (Å²) in [5.74, 6) is -1.22. The van der Waals surface area contributed by atoms with E-state index in [0.29, 0.717) is 5.75 Å². The van der Waals surface area contributed by atoms with E-state index in [1.807, 2.05) is 30.3 Å². The average molecular weight is 267 g/mol. The summed E-state index contributed by atoms with van der Waals surface area (Å²) < 4.78 is 0. The number of rotatable bonds is 6.